The maximum atomic E-state index is 11.5. The van der Waals surface area contributed by atoms with Gasteiger partial charge in [0, 0.05) is 26.1 Å². The number of carbonyl (C=O) groups excluding carboxylic acids is 1. The number of rotatable bonds is 7. The highest BCUT2D eigenvalue weighted by molar-refractivity contribution is 5.86. The molecule has 3 atom stereocenters. The number of hydrogen-bond acceptors (Lipinski definition) is 6. The Bertz CT molecular complexity index is 315. The van der Waals surface area contributed by atoms with Crippen LogP contribution in [0, 0.1) is 5.92 Å². The van der Waals surface area contributed by atoms with E-state index in [0.717, 1.165) is 26.4 Å². The van der Waals surface area contributed by atoms with Crippen molar-refractivity contribution in [2.45, 2.75) is 51.2 Å². The SMILES string of the molecule is CCCCC1CC=C(C(=O)OC)OC1C(O)CCO.CO. The topological polar surface area (TPSA) is 96.2 Å². The minimum atomic E-state index is -0.764. The molecule has 21 heavy (non-hydrogen) atoms. The summed E-state index contributed by atoms with van der Waals surface area (Å²) in [5, 5.41) is 26.0. The molecule has 3 unspecified atom stereocenters. The van der Waals surface area contributed by atoms with Gasteiger partial charge in [-0.1, -0.05) is 19.8 Å². The molecule has 6 nitrogen and oxygen atoms in total. The Morgan fingerprint density at radius 3 is 2.71 bits per heavy atom. The van der Waals surface area contributed by atoms with Crippen LogP contribution in [0.1, 0.15) is 39.0 Å². The van der Waals surface area contributed by atoms with Gasteiger partial charge >= 0.3 is 5.97 Å². The minimum absolute atomic E-state index is 0.0984. The lowest BCUT2D eigenvalue weighted by molar-refractivity contribution is -0.145. The van der Waals surface area contributed by atoms with Gasteiger partial charge in [-0.3, -0.25) is 0 Å². The van der Waals surface area contributed by atoms with E-state index >= 15 is 0 Å². The molecule has 0 aromatic carbocycles. The molecule has 0 radical (unpaired) electrons. The third kappa shape index (κ3) is 6.46. The fraction of sp³-hybridized carbons (Fsp3) is 0.800. The van der Waals surface area contributed by atoms with E-state index in [1.54, 1.807) is 6.08 Å². The van der Waals surface area contributed by atoms with Crippen LogP contribution >= 0.6 is 0 Å². The predicted octanol–water partition coefficient (Wildman–Crippen LogP) is 0.990. The zero-order valence-electron chi connectivity index (χ0n) is 13.1. The third-order valence-electron chi connectivity index (χ3n) is 3.45. The number of methoxy groups -OCH3 is 1. The number of allylic oxidation sites excluding steroid dienone is 1. The van der Waals surface area contributed by atoms with Crippen LogP contribution in [0.25, 0.3) is 0 Å². The van der Waals surface area contributed by atoms with Gasteiger partial charge in [-0.2, -0.15) is 0 Å². The molecule has 1 rings (SSSR count). The Kier molecular flexibility index (Phi) is 10.9. The second kappa shape index (κ2) is 11.5. The molecule has 0 fully saturated rings. The first-order valence-corrected chi connectivity index (χ1v) is 7.32. The maximum Gasteiger partial charge on any atom is 0.372 e. The molecule has 6 heteroatoms. The number of hydrogen-bond donors (Lipinski definition) is 3. The van der Waals surface area contributed by atoms with E-state index < -0.39 is 18.2 Å². The van der Waals surface area contributed by atoms with E-state index in [2.05, 4.69) is 11.7 Å². The largest absolute Gasteiger partial charge is 0.480 e. The summed E-state index contributed by atoms with van der Waals surface area (Å²) in [5.41, 5.74) is 0. The fourth-order valence-corrected chi connectivity index (χ4v) is 2.35. The molecule has 0 aliphatic carbocycles. The normalized spacial score (nSPS) is 22.3. The van der Waals surface area contributed by atoms with Gasteiger partial charge < -0.3 is 24.8 Å². The first kappa shape index (κ1) is 19.9. The van der Waals surface area contributed by atoms with E-state index in [-0.39, 0.29) is 24.7 Å². The summed E-state index contributed by atoms with van der Waals surface area (Å²) in [7, 11) is 2.30. The van der Waals surface area contributed by atoms with Crippen LogP contribution in [0.5, 0.6) is 0 Å². The number of esters is 1. The van der Waals surface area contributed by atoms with Crippen LogP contribution in [-0.4, -0.2) is 54.3 Å². The van der Waals surface area contributed by atoms with Gasteiger partial charge in [0.15, 0.2) is 0 Å². The van der Waals surface area contributed by atoms with Gasteiger partial charge in [0.05, 0.1) is 13.2 Å². The van der Waals surface area contributed by atoms with Crippen molar-refractivity contribution in [2.24, 2.45) is 5.92 Å². The maximum absolute atomic E-state index is 11.5. The molecule has 0 aromatic rings. The molecule has 0 aromatic heterocycles. The summed E-state index contributed by atoms with van der Waals surface area (Å²) < 4.78 is 10.2. The highest BCUT2D eigenvalue weighted by atomic mass is 16.6. The molecule has 0 spiro atoms. The monoisotopic (exact) mass is 304 g/mol. The molecule has 0 amide bonds. The average Bonchev–Trinajstić information content (AvgIpc) is 2.54. The average molecular weight is 304 g/mol. The highest BCUT2D eigenvalue weighted by Gasteiger charge is 2.34. The minimum Gasteiger partial charge on any atom is -0.480 e. The van der Waals surface area contributed by atoms with Crippen molar-refractivity contribution in [3.63, 3.8) is 0 Å². The Morgan fingerprint density at radius 2 is 2.19 bits per heavy atom. The van der Waals surface area contributed by atoms with Crippen LogP contribution < -0.4 is 0 Å². The molecule has 0 saturated heterocycles. The Labute approximate surface area is 126 Å². The number of aliphatic hydroxyl groups is 3. The summed E-state index contributed by atoms with van der Waals surface area (Å²) in [4.78, 5) is 11.5. The Hall–Kier alpha value is -1.11. The van der Waals surface area contributed by atoms with Gasteiger partial charge in [-0.05, 0) is 18.9 Å². The summed E-state index contributed by atoms with van der Waals surface area (Å²) in [6.07, 6.45) is 4.53. The second-order valence-electron chi connectivity index (χ2n) is 4.86. The standard InChI is InChI=1S/C14H24O5.CH4O/c1-3-4-5-10-6-7-12(14(17)18-2)19-13(10)11(16)8-9-15;1-2/h7,10-11,13,15-16H,3-6,8-9H2,1-2H3;2H,1H3. The van der Waals surface area contributed by atoms with Crippen molar-refractivity contribution >= 4 is 5.97 Å². The molecular formula is C15H28O6. The van der Waals surface area contributed by atoms with E-state index in [0.29, 0.717) is 6.42 Å². The molecule has 1 aliphatic heterocycles. The molecule has 3 N–H and O–H groups in total. The van der Waals surface area contributed by atoms with Crippen molar-refractivity contribution in [3.8, 4) is 0 Å². The van der Waals surface area contributed by atoms with Gasteiger partial charge in [-0.15, -0.1) is 0 Å². The first-order chi connectivity index (χ1) is 10.1. The molecule has 0 saturated carbocycles. The smallest absolute Gasteiger partial charge is 0.372 e. The van der Waals surface area contributed by atoms with Crippen molar-refractivity contribution in [2.75, 3.05) is 20.8 Å². The van der Waals surface area contributed by atoms with Crippen LogP contribution in [0.4, 0.5) is 0 Å². The Balaban J connectivity index is 0.00000191. The van der Waals surface area contributed by atoms with Gasteiger partial charge in [0.1, 0.15) is 6.10 Å². The second-order valence-corrected chi connectivity index (χ2v) is 4.86. The van der Waals surface area contributed by atoms with Crippen molar-refractivity contribution in [1.29, 1.82) is 0 Å². The first-order valence-electron chi connectivity index (χ1n) is 7.32. The summed E-state index contributed by atoms with van der Waals surface area (Å²) in [5.74, 6) is -0.178. The third-order valence-corrected chi connectivity index (χ3v) is 3.45. The van der Waals surface area contributed by atoms with Gasteiger partial charge in [0.2, 0.25) is 5.76 Å². The van der Waals surface area contributed by atoms with Gasteiger partial charge in [0.25, 0.3) is 0 Å². The lowest BCUT2D eigenvalue weighted by atomic mass is 9.86. The van der Waals surface area contributed by atoms with Crippen LogP contribution in [0.3, 0.4) is 0 Å². The van der Waals surface area contributed by atoms with Crippen molar-refractivity contribution < 1.29 is 29.6 Å². The van der Waals surface area contributed by atoms with Crippen molar-refractivity contribution in [3.05, 3.63) is 11.8 Å². The summed E-state index contributed by atoms with van der Waals surface area (Å²) in [6.45, 7) is 2.01. The van der Waals surface area contributed by atoms with Crippen LogP contribution in [0.2, 0.25) is 0 Å². The highest BCUT2D eigenvalue weighted by Crippen LogP contribution is 2.30. The summed E-state index contributed by atoms with van der Waals surface area (Å²) in [6, 6.07) is 0. The van der Waals surface area contributed by atoms with E-state index in [1.165, 1.54) is 7.11 Å². The van der Waals surface area contributed by atoms with E-state index in [4.69, 9.17) is 14.9 Å². The lowest BCUT2D eigenvalue weighted by Gasteiger charge is -2.34. The molecule has 1 aliphatic rings. The van der Waals surface area contributed by atoms with Crippen LogP contribution in [-0.2, 0) is 14.3 Å². The Morgan fingerprint density at radius 1 is 1.52 bits per heavy atom. The van der Waals surface area contributed by atoms with E-state index in [9.17, 15) is 9.90 Å². The predicted molar refractivity (Wildman–Crippen MR) is 78.5 cm³/mol. The zero-order chi connectivity index (χ0) is 16.3. The lowest BCUT2D eigenvalue weighted by Crippen LogP contribution is -2.39. The number of unbranched alkanes of at least 4 members (excludes halogenated alkanes) is 1. The molecule has 124 valence electrons. The van der Waals surface area contributed by atoms with Crippen LogP contribution in [0.15, 0.2) is 11.8 Å². The molecule has 1 heterocycles. The number of ether oxygens (including phenoxy) is 2. The van der Waals surface area contributed by atoms with E-state index in [1.807, 2.05) is 0 Å². The number of carbonyl (C=O) groups is 1. The summed E-state index contributed by atoms with van der Waals surface area (Å²) >= 11 is 0. The van der Waals surface area contributed by atoms with Gasteiger partial charge in [-0.25, -0.2) is 4.79 Å². The molecular weight excluding hydrogens is 276 g/mol. The van der Waals surface area contributed by atoms with Crippen molar-refractivity contribution in [1.82, 2.24) is 0 Å². The fourth-order valence-electron chi connectivity index (χ4n) is 2.35. The number of aliphatic hydroxyl groups excluding tert-OH is 3. The zero-order valence-corrected chi connectivity index (χ0v) is 13.1. The molecule has 0 bridgehead atoms. The quantitative estimate of drug-likeness (QED) is 0.607.